The molecule has 0 saturated heterocycles. The minimum absolute atomic E-state index is 0. The normalized spacial score (nSPS) is 12.2. The van der Waals surface area contributed by atoms with E-state index in [1.165, 1.54) is 5.56 Å². The standard InChI is InChI=1S/C8H13NS.ClH/c1-7(9-2)5-8-3-4-10-6-8;/h3-4,6-7,9H,5H2,1-2H3;1H. The number of likely N-dealkylation sites (N-methyl/N-ethyl adjacent to an activating group) is 1. The molecule has 1 atom stereocenters. The molecular weight excluding hydrogens is 178 g/mol. The molecule has 1 heterocycles. The first-order valence-corrected chi connectivity index (χ1v) is 4.45. The van der Waals surface area contributed by atoms with Gasteiger partial charge in [-0.25, -0.2) is 0 Å². The van der Waals surface area contributed by atoms with Crippen LogP contribution in [0.2, 0.25) is 0 Å². The molecule has 1 nitrogen and oxygen atoms in total. The van der Waals surface area contributed by atoms with Gasteiger partial charge in [-0.3, -0.25) is 0 Å². The van der Waals surface area contributed by atoms with Crippen LogP contribution < -0.4 is 5.32 Å². The summed E-state index contributed by atoms with van der Waals surface area (Å²) in [4.78, 5) is 0. The van der Waals surface area contributed by atoms with Gasteiger partial charge in [-0.1, -0.05) is 0 Å². The van der Waals surface area contributed by atoms with E-state index in [4.69, 9.17) is 0 Å². The van der Waals surface area contributed by atoms with Crippen LogP contribution in [0.3, 0.4) is 0 Å². The van der Waals surface area contributed by atoms with E-state index in [0.29, 0.717) is 6.04 Å². The van der Waals surface area contributed by atoms with E-state index in [2.05, 4.69) is 29.1 Å². The number of halogens is 1. The van der Waals surface area contributed by atoms with Crippen molar-refractivity contribution in [3.63, 3.8) is 0 Å². The molecule has 0 spiro atoms. The Hall–Kier alpha value is -0.0500. The molecule has 0 amide bonds. The van der Waals surface area contributed by atoms with Gasteiger partial charge in [0, 0.05) is 6.04 Å². The summed E-state index contributed by atoms with van der Waals surface area (Å²) in [7, 11) is 2.00. The zero-order valence-corrected chi connectivity index (χ0v) is 8.47. The summed E-state index contributed by atoms with van der Waals surface area (Å²) in [6.45, 7) is 2.19. The van der Waals surface area contributed by atoms with E-state index in [-0.39, 0.29) is 12.4 Å². The minimum atomic E-state index is 0. The number of thiophene rings is 1. The summed E-state index contributed by atoms with van der Waals surface area (Å²) < 4.78 is 0. The van der Waals surface area contributed by atoms with Crippen LogP contribution in [0.5, 0.6) is 0 Å². The summed E-state index contributed by atoms with van der Waals surface area (Å²) >= 11 is 1.76. The van der Waals surface area contributed by atoms with Crippen LogP contribution in [0.4, 0.5) is 0 Å². The lowest BCUT2D eigenvalue weighted by Gasteiger charge is -2.06. The Morgan fingerprint density at radius 3 is 2.82 bits per heavy atom. The van der Waals surface area contributed by atoms with Gasteiger partial charge in [0.25, 0.3) is 0 Å². The maximum atomic E-state index is 3.21. The smallest absolute Gasteiger partial charge is 0.00764 e. The highest BCUT2D eigenvalue weighted by atomic mass is 35.5. The Balaban J connectivity index is 0.000001000. The van der Waals surface area contributed by atoms with Crippen LogP contribution in [-0.4, -0.2) is 13.1 Å². The summed E-state index contributed by atoms with van der Waals surface area (Å²) in [6.07, 6.45) is 1.14. The summed E-state index contributed by atoms with van der Waals surface area (Å²) in [5.74, 6) is 0. The maximum absolute atomic E-state index is 3.21. The third kappa shape index (κ3) is 3.75. The first-order valence-electron chi connectivity index (χ1n) is 3.51. The van der Waals surface area contributed by atoms with E-state index in [1.54, 1.807) is 11.3 Å². The lowest BCUT2D eigenvalue weighted by atomic mass is 10.1. The van der Waals surface area contributed by atoms with E-state index >= 15 is 0 Å². The van der Waals surface area contributed by atoms with Crippen molar-refractivity contribution in [3.8, 4) is 0 Å². The molecule has 0 bridgehead atoms. The number of nitrogens with one attached hydrogen (secondary N) is 1. The van der Waals surface area contributed by atoms with Crippen LogP contribution in [0, 0.1) is 0 Å². The fourth-order valence-electron chi connectivity index (χ4n) is 0.864. The van der Waals surface area contributed by atoms with Crippen LogP contribution >= 0.6 is 23.7 Å². The van der Waals surface area contributed by atoms with Crippen molar-refractivity contribution in [1.29, 1.82) is 0 Å². The lowest BCUT2D eigenvalue weighted by Crippen LogP contribution is -2.23. The first-order chi connectivity index (χ1) is 4.83. The van der Waals surface area contributed by atoms with Gasteiger partial charge >= 0.3 is 0 Å². The topological polar surface area (TPSA) is 12.0 Å². The quantitative estimate of drug-likeness (QED) is 0.774. The van der Waals surface area contributed by atoms with Gasteiger partial charge in [-0.05, 0) is 42.8 Å². The second-order valence-electron chi connectivity index (χ2n) is 2.53. The third-order valence-electron chi connectivity index (χ3n) is 1.61. The molecule has 1 aromatic heterocycles. The predicted molar refractivity (Wildman–Crippen MR) is 53.8 cm³/mol. The predicted octanol–water partition coefficient (Wildman–Crippen LogP) is 2.32. The van der Waals surface area contributed by atoms with E-state index in [9.17, 15) is 0 Å². The highest BCUT2D eigenvalue weighted by Crippen LogP contribution is 2.07. The first kappa shape index (κ1) is 11.0. The highest BCUT2D eigenvalue weighted by Gasteiger charge is 1.98. The molecule has 64 valence electrons. The molecule has 0 saturated carbocycles. The van der Waals surface area contributed by atoms with Crippen molar-refractivity contribution in [1.82, 2.24) is 5.32 Å². The van der Waals surface area contributed by atoms with Gasteiger partial charge in [-0.15, -0.1) is 12.4 Å². The Bertz CT molecular complexity index is 174. The van der Waals surface area contributed by atoms with Gasteiger partial charge in [0.15, 0.2) is 0 Å². The number of hydrogen-bond donors (Lipinski definition) is 1. The van der Waals surface area contributed by atoms with Crippen molar-refractivity contribution in [2.75, 3.05) is 7.05 Å². The number of rotatable bonds is 3. The van der Waals surface area contributed by atoms with Crippen molar-refractivity contribution < 1.29 is 0 Å². The molecule has 0 aliphatic rings. The maximum Gasteiger partial charge on any atom is 0.00764 e. The molecular formula is C8H14ClNS. The molecule has 0 fully saturated rings. The zero-order valence-electron chi connectivity index (χ0n) is 6.83. The average Bonchev–Trinajstić information content (AvgIpc) is 2.40. The molecule has 1 N–H and O–H groups in total. The molecule has 11 heavy (non-hydrogen) atoms. The monoisotopic (exact) mass is 191 g/mol. The zero-order chi connectivity index (χ0) is 7.40. The summed E-state index contributed by atoms with van der Waals surface area (Å²) in [6, 6.07) is 2.77. The van der Waals surface area contributed by atoms with Crippen LogP contribution in [0.1, 0.15) is 12.5 Å². The van der Waals surface area contributed by atoms with E-state index < -0.39 is 0 Å². The van der Waals surface area contributed by atoms with Crippen molar-refractivity contribution >= 4 is 23.7 Å². The Labute approximate surface area is 78.2 Å². The second kappa shape index (κ2) is 5.58. The van der Waals surface area contributed by atoms with Crippen molar-refractivity contribution in [3.05, 3.63) is 22.4 Å². The molecule has 1 unspecified atom stereocenters. The van der Waals surface area contributed by atoms with Crippen LogP contribution in [0.25, 0.3) is 0 Å². The van der Waals surface area contributed by atoms with Gasteiger partial charge in [0.1, 0.15) is 0 Å². The van der Waals surface area contributed by atoms with Crippen LogP contribution in [0.15, 0.2) is 16.8 Å². The molecule has 1 rings (SSSR count). The molecule has 0 radical (unpaired) electrons. The highest BCUT2D eigenvalue weighted by molar-refractivity contribution is 7.07. The molecule has 1 aromatic rings. The molecule has 3 heteroatoms. The molecule has 0 aliphatic carbocycles. The number of hydrogen-bond acceptors (Lipinski definition) is 2. The van der Waals surface area contributed by atoms with Crippen LogP contribution in [-0.2, 0) is 6.42 Å². The Morgan fingerprint density at radius 2 is 2.36 bits per heavy atom. The Morgan fingerprint density at radius 1 is 1.64 bits per heavy atom. The average molecular weight is 192 g/mol. The third-order valence-corrected chi connectivity index (χ3v) is 2.35. The fraction of sp³-hybridized carbons (Fsp3) is 0.500. The minimum Gasteiger partial charge on any atom is -0.317 e. The second-order valence-corrected chi connectivity index (χ2v) is 3.31. The largest absolute Gasteiger partial charge is 0.317 e. The van der Waals surface area contributed by atoms with Gasteiger partial charge < -0.3 is 5.32 Å². The van der Waals surface area contributed by atoms with E-state index in [1.807, 2.05) is 7.05 Å². The van der Waals surface area contributed by atoms with Gasteiger partial charge in [0.05, 0.1) is 0 Å². The fourth-order valence-corrected chi connectivity index (χ4v) is 1.55. The van der Waals surface area contributed by atoms with Gasteiger partial charge in [-0.2, -0.15) is 11.3 Å². The SMILES string of the molecule is CNC(C)Cc1ccsc1.Cl. The molecule has 0 aliphatic heterocycles. The summed E-state index contributed by atoms with van der Waals surface area (Å²) in [5.41, 5.74) is 1.44. The Kier molecular flexibility index (Phi) is 5.56. The van der Waals surface area contributed by atoms with Crippen molar-refractivity contribution in [2.45, 2.75) is 19.4 Å². The van der Waals surface area contributed by atoms with Gasteiger partial charge in [0.2, 0.25) is 0 Å². The van der Waals surface area contributed by atoms with E-state index in [0.717, 1.165) is 6.42 Å². The summed E-state index contributed by atoms with van der Waals surface area (Å²) in [5, 5.41) is 7.53. The van der Waals surface area contributed by atoms with Crippen molar-refractivity contribution in [2.24, 2.45) is 0 Å². The lowest BCUT2D eigenvalue weighted by molar-refractivity contribution is 0.609. The molecule has 0 aromatic carbocycles.